The standard InChI is InChI=1S/C11H19N3O/c1-9(2)5-4-7-12-11-13-8-6-10(14-11)15-3/h6,8-9H,4-5,7H2,1-3H3,(H,12,13,14). The highest BCUT2D eigenvalue weighted by Gasteiger charge is 1.98. The van der Waals surface area contributed by atoms with Crippen LogP contribution in [-0.2, 0) is 0 Å². The van der Waals surface area contributed by atoms with Crippen LogP contribution in [0.2, 0.25) is 0 Å². The fourth-order valence-corrected chi connectivity index (χ4v) is 1.25. The molecule has 1 aromatic heterocycles. The van der Waals surface area contributed by atoms with Crippen LogP contribution < -0.4 is 10.1 Å². The predicted molar refractivity (Wildman–Crippen MR) is 61.1 cm³/mol. The van der Waals surface area contributed by atoms with Gasteiger partial charge in [-0.15, -0.1) is 0 Å². The van der Waals surface area contributed by atoms with Gasteiger partial charge in [-0.05, 0) is 18.8 Å². The van der Waals surface area contributed by atoms with E-state index in [4.69, 9.17) is 4.74 Å². The molecule has 0 atom stereocenters. The number of rotatable bonds is 6. The van der Waals surface area contributed by atoms with Crippen LogP contribution in [0.15, 0.2) is 12.3 Å². The van der Waals surface area contributed by atoms with Crippen molar-refractivity contribution in [2.24, 2.45) is 5.92 Å². The second-order valence-corrected chi connectivity index (χ2v) is 3.89. The summed E-state index contributed by atoms with van der Waals surface area (Å²) in [7, 11) is 1.60. The Morgan fingerprint density at radius 2 is 2.27 bits per heavy atom. The molecule has 4 nitrogen and oxygen atoms in total. The summed E-state index contributed by atoms with van der Waals surface area (Å²) >= 11 is 0. The maximum Gasteiger partial charge on any atom is 0.225 e. The zero-order valence-corrected chi connectivity index (χ0v) is 9.66. The van der Waals surface area contributed by atoms with Gasteiger partial charge in [-0.1, -0.05) is 13.8 Å². The molecule has 0 unspecified atom stereocenters. The molecule has 0 amide bonds. The van der Waals surface area contributed by atoms with E-state index in [1.807, 2.05) is 0 Å². The van der Waals surface area contributed by atoms with Gasteiger partial charge >= 0.3 is 0 Å². The first-order valence-corrected chi connectivity index (χ1v) is 5.33. The molecular weight excluding hydrogens is 190 g/mol. The molecular formula is C11H19N3O. The first kappa shape index (κ1) is 11.8. The van der Waals surface area contributed by atoms with E-state index in [0.717, 1.165) is 18.9 Å². The van der Waals surface area contributed by atoms with E-state index in [1.165, 1.54) is 6.42 Å². The third kappa shape index (κ3) is 4.63. The van der Waals surface area contributed by atoms with Crippen LogP contribution in [0.1, 0.15) is 26.7 Å². The SMILES string of the molecule is COc1ccnc(NCCCC(C)C)n1. The molecule has 0 aliphatic rings. The number of hydrogen-bond donors (Lipinski definition) is 1. The van der Waals surface area contributed by atoms with E-state index in [0.29, 0.717) is 11.8 Å². The highest BCUT2D eigenvalue weighted by molar-refractivity contribution is 5.26. The third-order valence-electron chi connectivity index (χ3n) is 2.08. The summed E-state index contributed by atoms with van der Waals surface area (Å²) in [6.07, 6.45) is 4.05. The monoisotopic (exact) mass is 209 g/mol. The van der Waals surface area contributed by atoms with Gasteiger partial charge in [-0.25, -0.2) is 4.98 Å². The Morgan fingerprint density at radius 3 is 2.93 bits per heavy atom. The van der Waals surface area contributed by atoms with Gasteiger partial charge in [0.05, 0.1) is 7.11 Å². The summed E-state index contributed by atoms with van der Waals surface area (Å²) in [5.41, 5.74) is 0. The van der Waals surface area contributed by atoms with Crippen molar-refractivity contribution >= 4 is 5.95 Å². The Bertz CT molecular complexity index is 289. The molecule has 1 rings (SSSR count). The normalized spacial score (nSPS) is 10.4. The van der Waals surface area contributed by atoms with Crippen molar-refractivity contribution in [2.45, 2.75) is 26.7 Å². The minimum absolute atomic E-state index is 0.594. The van der Waals surface area contributed by atoms with E-state index in [2.05, 4.69) is 29.1 Å². The van der Waals surface area contributed by atoms with Gasteiger partial charge in [-0.2, -0.15) is 4.98 Å². The Labute approximate surface area is 91.1 Å². The summed E-state index contributed by atoms with van der Waals surface area (Å²) in [6, 6.07) is 1.74. The van der Waals surface area contributed by atoms with Crippen LogP contribution in [0.5, 0.6) is 5.88 Å². The van der Waals surface area contributed by atoms with Gasteiger partial charge in [0.1, 0.15) is 0 Å². The third-order valence-corrected chi connectivity index (χ3v) is 2.08. The van der Waals surface area contributed by atoms with E-state index in [1.54, 1.807) is 19.4 Å². The molecule has 0 aliphatic heterocycles. The quantitative estimate of drug-likeness (QED) is 0.730. The van der Waals surface area contributed by atoms with Crippen LogP contribution in [0.25, 0.3) is 0 Å². The topological polar surface area (TPSA) is 47.0 Å². The number of nitrogens with one attached hydrogen (secondary N) is 1. The molecule has 0 aliphatic carbocycles. The van der Waals surface area contributed by atoms with Crippen LogP contribution in [0, 0.1) is 5.92 Å². The fraction of sp³-hybridized carbons (Fsp3) is 0.636. The van der Waals surface area contributed by atoms with Gasteiger partial charge in [-0.3, -0.25) is 0 Å². The molecule has 4 heteroatoms. The van der Waals surface area contributed by atoms with E-state index < -0.39 is 0 Å². The average molecular weight is 209 g/mol. The van der Waals surface area contributed by atoms with Gasteiger partial charge < -0.3 is 10.1 Å². The van der Waals surface area contributed by atoms with Crippen molar-refractivity contribution in [3.05, 3.63) is 12.3 Å². The number of anilines is 1. The zero-order chi connectivity index (χ0) is 11.1. The Hall–Kier alpha value is -1.32. The summed E-state index contributed by atoms with van der Waals surface area (Å²) < 4.78 is 5.01. The van der Waals surface area contributed by atoms with Crippen LogP contribution >= 0.6 is 0 Å². The van der Waals surface area contributed by atoms with Crippen molar-refractivity contribution in [3.8, 4) is 5.88 Å². The van der Waals surface area contributed by atoms with Gasteiger partial charge in [0.25, 0.3) is 0 Å². The summed E-state index contributed by atoms with van der Waals surface area (Å²) in [6.45, 7) is 5.36. The molecule has 0 radical (unpaired) electrons. The Morgan fingerprint density at radius 1 is 1.47 bits per heavy atom. The number of aromatic nitrogens is 2. The zero-order valence-electron chi connectivity index (χ0n) is 9.66. The van der Waals surface area contributed by atoms with Crippen molar-refractivity contribution in [1.82, 2.24) is 9.97 Å². The molecule has 15 heavy (non-hydrogen) atoms. The van der Waals surface area contributed by atoms with E-state index in [9.17, 15) is 0 Å². The molecule has 1 heterocycles. The first-order valence-electron chi connectivity index (χ1n) is 5.33. The first-order chi connectivity index (χ1) is 7.22. The lowest BCUT2D eigenvalue weighted by molar-refractivity contribution is 0.397. The average Bonchev–Trinajstić information content (AvgIpc) is 2.24. The number of nitrogens with zero attached hydrogens (tertiary/aromatic N) is 2. The molecule has 0 bridgehead atoms. The molecule has 0 spiro atoms. The van der Waals surface area contributed by atoms with E-state index >= 15 is 0 Å². The van der Waals surface area contributed by atoms with Crippen molar-refractivity contribution in [1.29, 1.82) is 0 Å². The van der Waals surface area contributed by atoms with Gasteiger partial charge in [0, 0.05) is 18.8 Å². The second kappa shape index (κ2) is 6.22. The maximum atomic E-state index is 5.01. The minimum atomic E-state index is 0.594. The van der Waals surface area contributed by atoms with Crippen LogP contribution in [0.3, 0.4) is 0 Å². The highest BCUT2D eigenvalue weighted by Crippen LogP contribution is 2.08. The molecule has 0 saturated carbocycles. The Balaban J connectivity index is 2.30. The second-order valence-electron chi connectivity index (χ2n) is 3.89. The van der Waals surface area contributed by atoms with Gasteiger partial charge in [0.15, 0.2) is 0 Å². The van der Waals surface area contributed by atoms with Crippen LogP contribution in [-0.4, -0.2) is 23.6 Å². The number of ether oxygens (including phenoxy) is 1. The maximum absolute atomic E-state index is 5.01. The predicted octanol–water partition coefficient (Wildman–Crippen LogP) is 2.33. The lowest BCUT2D eigenvalue weighted by Gasteiger charge is -2.06. The number of hydrogen-bond acceptors (Lipinski definition) is 4. The smallest absolute Gasteiger partial charge is 0.225 e. The summed E-state index contributed by atoms with van der Waals surface area (Å²) in [5.74, 6) is 1.98. The fourth-order valence-electron chi connectivity index (χ4n) is 1.25. The lowest BCUT2D eigenvalue weighted by Crippen LogP contribution is -2.06. The molecule has 84 valence electrons. The molecule has 1 N–H and O–H groups in total. The molecule has 0 aromatic carbocycles. The van der Waals surface area contributed by atoms with Crippen molar-refractivity contribution in [3.63, 3.8) is 0 Å². The summed E-state index contributed by atoms with van der Waals surface area (Å²) in [5, 5.41) is 3.17. The van der Waals surface area contributed by atoms with Crippen LogP contribution in [0.4, 0.5) is 5.95 Å². The lowest BCUT2D eigenvalue weighted by atomic mass is 10.1. The molecule has 0 fully saturated rings. The highest BCUT2D eigenvalue weighted by atomic mass is 16.5. The van der Waals surface area contributed by atoms with Crippen molar-refractivity contribution in [2.75, 3.05) is 19.0 Å². The number of methoxy groups -OCH3 is 1. The van der Waals surface area contributed by atoms with Gasteiger partial charge in [0.2, 0.25) is 11.8 Å². The van der Waals surface area contributed by atoms with Crippen molar-refractivity contribution < 1.29 is 4.74 Å². The van der Waals surface area contributed by atoms with E-state index in [-0.39, 0.29) is 0 Å². The molecule has 0 saturated heterocycles. The Kier molecular flexibility index (Phi) is 4.87. The summed E-state index contributed by atoms with van der Waals surface area (Å²) in [4.78, 5) is 8.27. The minimum Gasteiger partial charge on any atom is -0.481 e. The largest absolute Gasteiger partial charge is 0.481 e. The molecule has 1 aromatic rings.